The lowest BCUT2D eigenvalue weighted by molar-refractivity contribution is -0.242. The third-order valence-corrected chi connectivity index (χ3v) is 9.47. The minimum Gasteiger partial charge on any atom is -0.481 e. The highest BCUT2D eigenvalue weighted by atomic mass is 16.7. The van der Waals surface area contributed by atoms with E-state index in [9.17, 15) is 9.90 Å². The number of allylic oxidation sites excluding steroid dienone is 2. The van der Waals surface area contributed by atoms with E-state index in [4.69, 9.17) is 9.47 Å². The summed E-state index contributed by atoms with van der Waals surface area (Å²) in [5.41, 5.74) is 2.02. The molecule has 4 aliphatic carbocycles. The molecular weight excluding hydrogens is 340 g/mol. The normalized spacial score (nSPS) is 47.9. The molecule has 5 rings (SSSR count). The van der Waals surface area contributed by atoms with Gasteiger partial charge in [-0.3, -0.25) is 4.79 Å². The molecule has 0 aromatic heterocycles. The Morgan fingerprint density at radius 2 is 1.85 bits per heavy atom. The fraction of sp³-hybridized carbons (Fsp3) is 0.870. The Hall–Kier alpha value is -0.870. The van der Waals surface area contributed by atoms with Crippen LogP contribution in [0.4, 0.5) is 0 Å². The maximum Gasteiger partial charge on any atom is 0.303 e. The Bertz CT molecular complexity index is 663. The molecule has 0 amide bonds. The van der Waals surface area contributed by atoms with Gasteiger partial charge in [0.1, 0.15) is 0 Å². The molecule has 1 saturated heterocycles. The van der Waals surface area contributed by atoms with Crippen LogP contribution in [0.25, 0.3) is 0 Å². The first-order chi connectivity index (χ1) is 12.9. The molecule has 4 unspecified atom stereocenters. The monoisotopic (exact) mass is 374 g/mol. The van der Waals surface area contributed by atoms with Crippen molar-refractivity contribution in [3.05, 3.63) is 11.6 Å². The SMILES string of the molecule is C[C@]12CCC(CC(=O)O)CC1=CCC1C2CC[C@@]2(C)C1CCC21OCCO1. The minimum absolute atomic E-state index is 0.160. The summed E-state index contributed by atoms with van der Waals surface area (Å²) < 4.78 is 12.5. The van der Waals surface area contributed by atoms with Gasteiger partial charge in [-0.1, -0.05) is 25.5 Å². The van der Waals surface area contributed by atoms with E-state index in [0.717, 1.165) is 44.3 Å². The molecular formula is C23H34O4. The predicted molar refractivity (Wildman–Crippen MR) is 102 cm³/mol. The molecule has 0 aromatic rings. The van der Waals surface area contributed by atoms with Gasteiger partial charge < -0.3 is 14.6 Å². The molecule has 1 heterocycles. The average molecular weight is 375 g/mol. The van der Waals surface area contributed by atoms with Crippen LogP contribution in [-0.4, -0.2) is 30.1 Å². The van der Waals surface area contributed by atoms with Crippen molar-refractivity contribution in [2.24, 2.45) is 34.5 Å². The second-order valence-corrected chi connectivity index (χ2v) is 10.4. The van der Waals surface area contributed by atoms with Gasteiger partial charge in [0.05, 0.1) is 13.2 Å². The predicted octanol–water partition coefficient (Wildman–Crippen LogP) is 4.78. The second-order valence-electron chi connectivity index (χ2n) is 10.4. The molecule has 0 aromatic carbocycles. The number of fused-ring (bicyclic) bond motifs is 6. The molecule has 4 fully saturated rings. The average Bonchev–Trinajstić information content (AvgIpc) is 3.21. The van der Waals surface area contributed by atoms with Gasteiger partial charge in [0, 0.05) is 18.3 Å². The zero-order chi connectivity index (χ0) is 18.9. The van der Waals surface area contributed by atoms with Crippen LogP contribution in [0.3, 0.4) is 0 Å². The van der Waals surface area contributed by atoms with E-state index in [1.165, 1.54) is 32.1 Å². The van der Waals surface area contributed by atoms with Crippen molar-refractivity contribution in [1.29, 1.82) is 0 Å². The zero-order valence-corrected chi connectivity index (χ0v) is 16.8. The lowest BCUT2D eigenvalue weighted by atomic mass is 9.47. The first kappa shape index (κ1) is 18.2. The molecule has 27 heavy (non-hydrogen) atoms. The summed E-state index contributed by atoms with van der Waals surface area (Å²) >= 11 is 0. The highest BCUT2D eigenvalue weighted by molar-refractivity contribution is 5.67. The van der Waals surface area contributed by atoms with Crippen molar-refractivity contribution in [1.82, 2.24) is 0 Å². The van der Waals surface area contributed by atoms with Crippen molar-refractivity contribution in [2.45, 2.75) is 77.4 Å². The maximum atomic E-state index is 11.2. The third-order valence-electron chi connectivity index (χ3n) is 9.47. The number of hydrogen-bond acceptors (Lipinski definition) is 3. The molecule has 5 aliphatic rings. The highest BCUT2D eigenvalue weighted by Gasteiger charge is 2.66. The Balaban J connectivity index is 1.41. The standard InChI is InChI=1S/C23H34O4/c1-21-8-5-15(14-20(24)25)13-16(21)3-4-17-18(21)6-9-22(2)19(17)7-10-23(22)26-11-12-27-23/h3,15,17-19H,4-14H2,1-2H3,(H,24,25)/t15?,17?,18?,19?,21-,22-/m0/s1. The molecule has 4 nitrogen and oxygen atoms in total. The summed E-state index contributed by atoms with van der Waals surface area (Å²) in [5, 5.41) is 9.20. The van der Waals surface area contributed by atoms with Crippen molar-refractivity contribution >= 4 is 5.97 Å². The smallest absolute Gasteiger partial charge is 0.303 e. The van der Waals surface area contributed by atoms with Crippen LogP contribution in [0.2, 0.25) is 0 Å². The van der Waals surface area contributed by atoms with Gasteiger partial charge >= 0.3 is 5.97 Å². The van der Waals surface area contributed by atoms with Gasteiger partial charge in [-0.2, -0.15) is 0 Å². The number of ether oxygens (including phenoxy) is 2. The van der Waals surface area contributed by atoms with Crippen LogP contribution < -0.4 is 0 Å². The van der Waals surface area contributed by atoms with E-state index >= 15 is 0 Å². The summed E-state index contributed by atoms with van der Waals surface area (Å²) in [4.78, 5) is 11.2. The molecule has 1 spiro atoms. The maximum absolute atomic E-state index is 11.2. The molecule has 4 heteroatoms. The Kier molecular flexibility index (Phi) is 4.08. The van der Waals surface area contributed by atoms with E-state index in [1.807, 2.05) is 0 Å². The van der Waals surface area contributed by atoms with Crippen molar-refractivity contribution in [3.8, 4) is 0 Å². The summed E-state index contributed by atoms with van der Waals surface area (Å²) in [7, 11) is 0. The summed E-state index contributed by atoms with van der Waals surface area (Å²) in [6.07, 6.45) is 12.0. The zero-order valence-electron chi connectivity index (χ0n) is 16.8. The van der Waals surface area contributed by atoms with E-state index in [0.29, 0.717) is 18.3 Å². The first-order valence-electron chi connectivity index (χ1n) is 11.1. The number of hydrogen-bond donors (Lipinski definition) is 1. The van der Waals surface area contributed by atoms with E-state index in [1.54, 1.807) is 5.57 Å². The van der Waals surface area contributed by atoms with Crippen LogP contribution in [0.1, 0.15) is 71.6 Å². The van der Waals surface area contributed by atoms with Crippen LogP contribution in [0, 0.1) is 34.5 Å². The molecule has 3 saturated carbocycles. The van der Waals surface area contributed by atoms with Gasteiger partial charge in [-0.25, -0.2) is 0 Å². The Morgan fingerprint density at radius 3 is 2.59 bits per heavy atom. The number of carboxylic acid groups (broad SMARTS) is 1. The molecule has 0 radical (unpaired) electrons. The number of aliphatic carboxylic acids is 1. The van der Waals surface area contributed by atoms with Crippen molar-refractivity contribution in [2.75, 3.05) is 13.2 Å². The first-order valence-corrected chi connectivity index (χ1v) is 11.1. The molecule has 1 aliphatic heterocycles. The van der Waals surface area contributed by atoms with Gasteiger partial charge in [0.15, 0.2) is 5.79 Å². The second kappa shape index (κ2) is 6.06. The summed E-state index contributed by atoms with van der Waals surface area (Å²) in [6.45, 7) is 6.44. The molecule has 1 N–H and O–H groups in total. The van der Waals surface area contributed by atoms with Crippen LogP contribution in [0.15, 0.2) is 11.6 Å². The highest BCUT2D eigenvalue weighted by Crippen LogP contribution is 2.68. The summed E-state index contributed by atoms with van der Waals surface area (Å²) in [6, 6.07) is 0. The van der Waals surface area contributed by atoms with Gasteiger partial charge in [-0.15, -0.1) is 0 Å². The molecule has 0 bridgehead atoms. The lowest BCUT2D eigenvalue weighted by Gasteiger charge is -2.59. The van der Waals surface area contributed by atoms with E-state index in [2.05, 4.69) is 19.9 Å². The summed E-state index contributed by atoms with van der Waals surface area (Å²) in [5.74, 6) is 1.56. The van der Waals surface area contributed by atoms with Crippen LogP contribution in [0.5, 0.6) is 0 Å². The molecule has 150 valence electrons. The quantitative estimate of drug-likeness (QED) is 0.707. The largest absolute Gasteiger partial charge is 0.481 e. The van der Waals surface area contributed by atoms with Crippen LogP contribution in [-0.2, 0) is 14.3 Å². The Labute approximate surface area is 162 Å². The van der Waals surface area contributed by atoms with Crippen molar-refractivity contribution < 1.29 is 19.4 Å². The lowest BCUT2D eigenvalue weighted by Crippen LogP contribution is -2.54. The van der Waals surface area contributed by atoms with Gasteiger partial charge in [0.25, 0.3) is 0 Å². The topological polar surface area (TPSA) is 55.8 Å². The van der Waals surface area contributed by atoms with E-state index < -0.39 is 5.97 Å². The fourth-order valence-electron chi connectivity index (χ4n) is 8.04. The minimum atomic E-state index is -0.640. The number of carbonyl (C=O) groups is 1. The van der Waals surface area contributed by atoms with Gasteiger partial charge in [-0.05, 0) is 74.0 Å². The van der Waals surface area contributed by atoms with Crippen molar-refractivity contribution in [3.63, 3.8) is 0 Å². The number of rotatable bonds is 2. The van der Waals surface area contributed by atoms with Gasteiger partial charge in [0.2, 0.25) is 0 Å². The Morgan fingerprint density at radius 1 is 1.11 bits per heavy atom. The van der Waals surface area contributed by atoms with Crippen LogP contribution >= 0.6 is 0 Å². The van der Waals surface area contributed by atoms with E-state index in [-0.39, 0.29) is 16.6 Å². The number of carboxylic acids is 1. The fourth-order valence-corrected chi connectivity index (χ4v) is 8.04. The molecule has 6 atom stereocenters. The third kappa shape index (κ3) is 2.45.